The molecule has 1 aromatic heterocycles. The van der Waals surface area contributed by atoms with E-state index in [1.54, 1.807) is 48.5 Å². The first-order valence-corrected chi connectivity index (χ1v) is 9.90. The zero-order chi connectivity index (χ0) is 22.7. The van der Waals surface area contributed by atoms with E-state index in [0.29, 0.717) is 23.7 Å². The number of benzene rings is 2. The van der Waals surface area contributed by atoms with Gasteiger partial charge < -0.3 is 19.2 Å². The van der Waals surface area contributed by atoms with Gasteiger partial charge in [-0.2, -0.15) is 0 Å². The number of Topliss-reactive ketones (excluding diaryl/α,β-unsaturated/α-hetero) is 1. The van der Waals surface area contributed by atoms with Gasteiger partial charge in [0.05, 0.1) is 24.4 Å². The Morgan fingerprint density at radius 2 is 1.88 bits per heavy atom. The van der Waals surface area contributed by atoms with Crippen molar-refractivity contribution in [1.29, 1.82) is 0 Å². The molecule has 1 saturated heterocycles. The predicted molar refractivity (Wildman–Crippen MR) is 115 cm³/mol. The van der Waals surface area contributed by atoms with Crippen molar-refractivity contribution in [2.45, 2.75) is 12.6 Å². The molecular weight excluding hydrogens is 413 g/mol. The van der Waals surface area contributed by atoms with Crippen molar-refractivity contribution in [3.63, 3.8) is 0 Å². The molecule has 1 N–H and O–H groups in total. The average molecular weight is 433 g/mol. The molecule has 1 unspecified atom stereocenters. The van der Waals surface area contributed by atoms with Crippen LogP contribution in [0.2, 0.25) is 0 Å². The number of hydrogen-bond acceptors (Lipinski definition) is 5. The van der Waals surface area contributed by atoms with Crippen LogP contribution >= 0.6 is 0 Å². The molecule has 1 amide bonds. The summed E-state index contributed by atoms with van der Waals surface area (Å²) in [5, 5.41) is 11.0. The fourth-order valence-electron chi connectivity index (χ4n) is 3.65. The van der Waals surface area contributed by atoms with E-state index >= 15 is 0 Å². The molecule has 0 saturated carbocycles. The molecule has 1 atom stereocenters. The van der Waals surface area contributed by atoms with Crippen LogP contribution in [0, 0.1) is 5.82 Å². The van der Waals surface area contributed by atoms with Gasteiger partial charge in [-0.15, -0.1) is 0 Å². The van der Waals surface area contributed by atoms with E-state index in [0.717, 1.165) is 0 Å². The highest BCUT2D eigenvalue weighted by molar-refractivity contribution is 6.46. The van der Waals surface area contributed by atoms with Gasteiger partial charge in [0.15, 0.2) is 0 Å². The van der Waals surface area contributed by atoms with E-state index in [4.69, 9.17) is 9.15 Å². The van der Waals surface area contributed by atoms with E-state index in [9.17, 15) is 19.1 Å². The topological polar surface area (TPSA) is 80.0 Å². The van der Waals surface area contributed by atoms with Gasteiger partial charge in [0, 0.05) is 11.1 Å². The third-order valence-corrected chi connectivity index (χ3v) is 5.14. The highest BCUT2D eigenvalue weighted by Crippen LogP contribution is 2.41. The number of halogens is 1. The Morgan fingerprint density at radius 3 is 2.53 bits per heavy atom. The van der Waals surface area contributed by atoms with Crippen LogP contribution in [0.15, 0.2) is 89.6 Å². The summed E-state index contributed by atoms with van der Waals surface area (Å²) in [4.78, 5) is 27.0. The lowest BCUT2D eigenvalue weighted by Gasteiger charge is -2.24. The Morgan fingerprint density at radius 1 is 1.12 bits per heavy atom. The molecule has 0 bridgehead atoms. The number of ketones is 1. The number of carbonyl (C=O) groups is 2. The van der Waals surface area contributed by atoms with Crippen molar-refractivity contribution < 1.29 is 28.2 Å². The third-order valence-electron chi connectivity index (χ3n) is 5.14. The summed E-state index contributed by atoms with van der Waals surface area (Å²) < 4.78 is 25.5. The van der Waals surface area contributed by atoms with Crippen LogP contribution in [0.5, 0.6) is 5.75 Å². The maximum atomic E-state index is 14.8. The molecule has 0 spiro atoms. The van der Waals surface area contributed by atoms with Crippen LogP contribution in [-0.4, -0.2) is 28.3 Å². The Labute approximate surface area is 183 Å². The molecule has 4 rings (SSSR count). The molecule has 1 fully saturated rings. The number of amides is 1. The first-order chi connectivity index (χ1) is 15.5. The summed E-state index contributed by atoms with van der Waals surface area (Å²) in [6.07, 6.45) is 3.04. The first-order valence-electron chi connectivity index (χ1n) is 9.90. The fourth-order valence-corrected chi connectivity index (χ4v) is 3.65. The summed E-state index contributed by atoms with van der Waals surface area (Å²) >= 11 is 0. The number of carbonyl (C=O) groups excluding carboxylic acids is 2. The van der Waals surface area contributed by atoms with Crippen molar-refractivity contribution >= 4 is 17.4 Å². The maximum absolute atomic E-state index is 14.8. The summed E-state index contributed by atoms with van der Waals surface area (Å²) in [5.41, 5.74) is 0.213. The number of hydrogen-bond donors (Lipinski definition) is 1. The SMILES string of the molecule is C=CCOc1ccc(/C(O)=C2/C(=O)C(=O)N(Cc3ccco3)C2c2ccccc2F)cc1. The molecular formula is C25H20FNO5. The van der Waals surface area contributed by atoms with Gasteiger partial charge in [0.1, 0.15) is 29.7 Å². The lowest BCUT2D eigenvalue weighted by atomic mass is 9.95. The summed E-state index contributed by atoms with van der Waals surface area (Å²) in [5.74, 6) is -1.75. The lowest BCUT2D eigenvalue weighted by Crippen LogP contribution is -2.29. The van der Waals surface area contributed by atoms with Gasteiger partial charge in [-0.25, -0.2) is 4.39 Å². The number of aliphatic hydroxyl groups excluding tert-OH is 1. The molecule has 0 aliphatic carbocycles. The number of ether oxygens (including phenoxy) is 1. The first kappa shape index (κ1) is 21.1. The maximum Gasteiger partial charge on any atom is 0.296 e. The van der Waals surface area contributed by atoms with Gasteiger partial charge in [0.25, 0.3) is 11.7 Å². The van der Waals surface area contributed by atoms with E-state index in [1.807, 2.05) is 0 Å². The van der Waals surface area contributed by atoms with Gasteiger partial charge in [-0.1, -0.05) is 30.9 Å². The van der Waals surface area contributed by atoms with Crippen LogP contribution in [0.25, 0.3) is 5.76 Å². The van der Waals surface area contributed by atoms with Crippen molar-refractivity contribution in [1.82, 2.24) is 4.90 Å². The Hall–Kier alpha value is -4.13. The van der Waals surface area contributed by atoms with Crippen molar-refractivity contribution in [2.24, 2.45) is 0 Å². The van der Waals surface area contributed by atoms with Crippen LogP contribution in [0.3, 0.4) is 0 Å². The molecule has 32 heavy (non-hydrogen) atoms. The average Bonchev–Trinajstić information content (AvgIpc) is 3.40. The highest BCUT2D eigenvalue weighted by atomic mass is 19.1. The second-order valence-corrected chi connectivity index (χ2v) is 7.15. The molecule has 162 valence electrons. The van der Waals surface area contributed by atoms with Crippen LogP contribution in [0.1, 0.15) is 22.9 Å². The molecule has 1 aliphatic rings. The smallest absolute Gasteiger partial charge is 0.296 e. The van der Waals surface area contributed by atoms with Crippen LogP contribution in [0.4, 0.5) is 4.39 Å². The molecule has 7 heteroatoms. The van der Waals surface area contributed by atoms with Gasteiger partial charge in [-0.05, 0) is 42.5 Å². The van der Waals surface area contributed by atoms with Crippen molar-refractivity contribution in [2.75, 3.05) is 6.61 Å². The number of nitrogens with zero attached hydrogens (tertiary/aromatic N) is 1. The molecule has 1 aliphatic heterocycles. The van der Waals surface area contributed by atoms with E-state index in [-0.39, 0.29) is 17.7 Å². The normalized spacial score (nSPS) is 17.5. The number of aliphatic hydroxyl groups is 1. The predicted octanol–water partition coefficient (Wildman–Crippen LogP) is 4.61. The highest BCUT2D eigenvalue weighted by Gasteiger charge is 2.47. The zero-order valence-electron chi connectivity index (χ0n) is 17.0. The van der Waals surface area contributed by atoms with Crippen LogP contribution in [-0.2, 0) is 16.1 Å². The minimum Gasteiger partial charge on any atom is -0.507 e. The second-order valence-electron chi connectivity index (χ2n) is 7.15. The van der Waals surface area contributed by atoms with Gasteiger partial charge >= 0.3 is 0 Å². The van der Waals surface area contributed by atoms with E-state index in [1.165, 1.54) is 29.4 Å². The van der Waals surface area contributed by atoms with Gasteiger partial charge in [0.2, 0.25) is 0 Å². The number of likely N-dealkylation sites (tertiary alicyclic amines) is 1. The third kappa shape index (κ3) is 3.92. The molecule has 2 aromatic carbocycles. The van der Waals surface area contributed by atoms with E-state index in [2.05, 4.69) is 6.58 Å². The molecule has 6 nitrogen and oxygen atoms in total. The molecule has 0 radical (unpaired) electrons. The van der Waals surface area contributed by atoms with Crippen molar-refractivity contribution in [3.05, 3.63) is 108 Å². The second kappa shape index (κ2) is 8.93. The molecule has 3 aromatic rings. The number of rotatable bonds is 7. The minimum atomic E-state index is -1.11. The summed E-state index contributed by atoms with van der Waals surface area (Å²) in [7, 11) is 0. The van der Waals surface area contributed by atoms with Gasteiger partial charge in [-0.3, -0.25) is 9.59 Å². The van der Waals surface area contributed by atoms with Crippen LogP contribution < -0.4 is 4.74 Å². The standard InChI is InChI=1S/C25H20FNO5/c1-2-13-31-17-11-9-16(10-12-17)23(28)21-22(19-7-3-4-8-20(19)26)27(25(30)24(21)29)15-18-6-5-14-32-18/h2-12,14,22,28H,1,13,15H2/b23-21-. The largest absolute Gasteiger partial charge is 0.507 e. The summed E-state index contributed by atoms with van der Waals surface area (Å²) in [6.45, 7) is 3.85. The van der Waals surface area contributed by atoms with E-state index < -0.39 is 29.3 Å². The monoisotopic (exact) mass is 433 g/mol. The fraction of sp³-hybridized carbons (Fsp3) is 0.120. The Kier molecular flexibility index (Phi) is 5.89. The quantitative estimate of drug-likeness (QED) is 0.255. The number of furan rings is 1. The zero-order valence-corrected chi connectivity index (χ0v) is 17.0. The summed E-state index contributed by atoms with van der Waals surface area (Å²) in [6, 6.07) is 14.4. The Balaban J connectivity index is 1.80. The lowest BCUT2D eigenvalue weighted by molar-refractivity contribution is -0.140. The minimum absolute atomic E-state index is 0.0539. The Bertz CT molecular complexity index is 1180. The molecule has 2 heterocycles. The van der Waals surface area contributed by atoms with Crippen molar-refractivity contribution in [3.8, 4) is 5.75 Å².